The zero-order valence-corrected chi connectivity index (χ0v) is 33.4. The SMILES string of the molecule is CCCCC/C=C\C/C=C\CCCCCCCCC(=O)OCC(COC(=O)CCC12CC3CC(CC(C3)C1)C2)COC(=O)OCCCN(CC)CC. The maximum atomic E-state index is 12.9. The highest BCUT2D eigenvalue weighted by Gasteiger charge is 2.50. The third-order valence-electron chi connectivity index (χ3n) is 11.7. The van der Waals surface area contributed by atoms with Crippen LogP contribution in [0.25, 0.3) is 0 Å². The molecule has 52 heavy (non-hydrogen) atoms. The van der Waals surface area contributed by atoms with Gasteiger partial charge in [-0.3, -0.25) is 9.59 Å². The van der Waals surface area contributed by atoms with Crippen LogP contribution in [0.15, 0.2) is 24.3 Å². The first-order valence-corrected chi connectivity index (χ1v) is 21.5. The molecule has 4 aliphatic carbocycles. The van der Waals surface area contributed by atoms with Crippen molar-refractivity contribution in [2.75, 3.05) is 46.1 Å². The van der Waals surface area contributed by atoms with E-state index in [0.29, 0.717) is 18.3 Å². The van der Waals surface area contributed by atoms with Gasteiger partial charge in [0.1, 0.15) is 19.8 Å². The highest BCUT2D eigenvalue weighted by molar-refractivity contribution is 5.70. The molecular formula is C44H75NO7. The van der Waals surface area contributed by atoms with Gasteiger partial charge in [-0.1, -0.05) is 83.6 Å². The van der Waals surface area contributed by atoms with Crippen LogP contribution in [0, 0.1) is 29.1 Å². The van der Waals surface area contributed by atoms with Gasteiger partial charge in [-0.05, 0) is 126 Å². The first-order valence-electron chi connectivity index (χ1n) is 21.5. The van der Waals surface area contributed by atoms with Crippen molar-refractivity contribution >= 4 is 18.1 Å². The summed E-state index contributed by atoms with van der Waals surface area (Å²) in [4.78, 5) is 40.1. The van der Waals surface area contributed by atoms with Gasteiger partial charge in [-0.2, -0.15) is 0 Å². The molecule has 4 rings (SSSR count). The summed E-state index contributed by atoms with van der Waals surface area (Å²) >= 11 is 0. The van der Waals surface area contributed by atoms with E-state index in [2.05, 4.69) is 50.0 Å². The van der Waals surface area contributed by atoms with Crippen molar-refractivity contribution < 1.29 is 33.3 Å². The zero-order valence-electron chi connectivity index (χ0n) is 33.4. The van der Waals surface area contributed by atoms with E-state index in [9.17, 15) is 14.4 Å². The molecule has 0 aromatic heterocycles. The van der Waals surface area contributed by atoms with Crippen molar-refractivity contribution in [2.45, 2.75) is 162 Å². The van der Waals surface area contributed by atoms with Crippen LogP contribution in [0.3, 0.4) is 0 Å². The lowest BCUT2D eigenvalue weighted by Gasteiger charge is -2.57. The third kappa shape index (κ3) is 18.6. The quantitative estimate of drug-likeness (QED) is 0.0312. The molecular weight excluding hydrogens is 654 g/mol. The van der Waals surface area contributed by atoms with Crippen molar-refractivity contribution in [3.63, 3.8) is 0 Å². The second kappa shape index (κ2) is 26.4. The standard InChI is InChI=1S/C44H75NO7/c1-4-7-8-9-10-11-12-13-14-15-16-17-18-19-20-21-23-41(46)50-34-40(36-52-43(48)49-27-22-26-45(5-2)6-3)35-51-42(47)24-25-44-31-37-28-38(32-44)30-39(29-37)33-44/h10-11,13-14,37-40H,4-9,12,15-36H2,1-3H3/b11-10-,14-13-. The molecule has 0 radical (unpaired) electrons. The summed E-state index contributed by atoms with van der Waals surface area (Å²) in [5.41, 5.74) is 0.322. The molecule has 4 saturated carbocycles. The Morgan fingerprint density at radius 2 is 1.17 bits per heavy atom. The summed E-state index contributed by atoms with van der Waals surface area (Å²) in [6.07, 6.45) is 32.6. The lowest BCUT2D eigenvalue weighted by atomic mass is 9.48. The fraction of sp³-hybridized carbons (Fsp3) is 0.841. The highest BCUT2D eigenvalue weighted by atomic mass is 16.7. The van der Waals surface area contributed by atoms with Crippen LogP contribution in [0.5, 0.6) is 0 Å². The Hall–Kier alpha value is -2.35. The van der Waals surface area contributed by atoms with E-state index in [1.54, 1.807) is 0 Å². The number of allylic oxidation sites excluding steroid dienone is 4. The fourth-order valence-electron chi connectivity index (χ4n) is 9.14. The molecule has 4 aliphatic rings. The van der Waals surface area contributed by atoms with Crippen LogP contribution < -0.4 is 0 Å². The smallest absolute Gasteiger partial charge is 0.465 e. The van der Waals surface area contributed by atoms with Crippen molar-refractivity contribution in [1.82, 2.24) is 4.90 Å². The van der Waals surface area contributed by atoms with Gasteiger partial charge in [0.05, 0.1) is 12.5 Å². The van der Waals surface area contributed by atoms with E-state index in [-0.39, 0.29) is 38.4 Å². The topological polar surface area (TPSA) is 91.4 Å². The summed E-state index contributed by atoms with van der Waals surface area (Å²) < 4.78 is 21.9. The number of esters is 2. The van der Waals surface area contributed by atoms with Gasteiger partial charge < -0.3 is 23.8 Å². The lowest BCUT2D eigenvalue weighted by molar-refractivity contribution is -0.151. The fourth-order valence-corrected chi connectivity index (χ4v) is 9.14. The monoisotopic (exact) mass is 730 g/mol. The molecule has 0 spiro atoms. The van der Waals surface area contributed by atoms with E-state index in [4.69, 9.17) is 18.9 Å². The largest absolute Gasteiger partial charge is 0.508 e. The molecule has 0 aliphatic heterocycles. The van der Waals surface area contributed by atoms with Crippen molar-refractivity contribution in [3.05, 3.63) is 24.3 Å². The molecule has 0 saturated heterocycles. The maximum Gasteiger partial charge on any atom is 0.508 e. The average Bonchev–Trinajstić information content (AvgIpc) is 3.13. The number of rotatable bonds is 30. The molecule has 0 amide bonds. The van der Waals surface area contributed by atoms with Crippen molar-refractivity contribution in [3.8, 4) is 0 Å². The Balaban J connectivity index is 1.29. The van der Waals surface area contributed by atoms with E-state index in [1.165, 1.54) is 83.5 Å². The predicted octanol–water partition coefficient (Wildman–Crippen LogP) is 10.8. The predicted molar refractivity (Wildman–Crippen MR) is 209 cm³/mol. The minimum Gasteiger partial charge on any atom is -0.465 e. The molecule has 0 aromatic rings. The minimum absolute atomic E-state index is 0.0324. The normalized spacial score (nSPS) is 22.7. The molecule has 4 fully saturated rings. The zero-order chi connectivity index (χ0) is 37.3. The lowest BCUT2D eigenvalue weighted by Crippen LogP contribution is -2.46. The van der Waals surface area contributed by atoms with Gasteiger partial charge in [0.2, 0.25) is 0 Å². The summed E-state index contributed by atoms with van der Waals surface area (Å²) in [7, 11) is 0. The van der Waals surface area contributed by atoms with Gasteiger partial charge in [-0.25, -0.2) is 4.79 Å². The first-order chi connectivity index (χ1) is 25.3. The summed E-state index contributed by atoms with van der Waals surface area (Å²) in [5, 5.41) is 0. The van der Waals surface area contributed by atoms with Crippen LogP contribution in [0.2, 0.25) is 0 Å². The maximum absolute atomic E-state index is 12.9. The molecule has 4 bridgehead atoms. The van der Waals surface area contributed by atoms with Crippen molar-refractivity contribution in [1.29, 1.82) is 0 Å². The minimum atomic E-state index is -0.745. The number of nitrogens with zero attached hydrogens (tertiary/aromatic N) is 1. The Bertz CT molecular complexity index is 1020. The molecule has 298 valence electrons. The van der Waals surface area contributed by atoms with Crippen LogP contribution in [-0.2, 0) is 28.5 Å². The summed E-state index contributed by atoms with van der Waals surface area (Å²) in [6.45, 7) is 9.56. The number of hydrogen-bond donors (Lipinski definition) is 0. The van der Waals surface area contributed by atoms with Crippen molar-refractivity contribution in [2.24, 2.45) is 29.1 Å². The Kier molecular flexibility index (Phi) is 22.4. The van der Waals surface area contributed by atoms with Crippen LogP contribution in [-0.4, -0.2) is 69.1 Å². The van der Waals surface area contributed by atoms with E-state index in [0.717, 1.165) is 82.3 Å². The third-order valence-corrected chi connectivity index (χ3v) is 11.7. The molecule has 8 nitrogen and oxygen atoms in total. The average molecular weight is 730 g/mol. The Labute approximate surface area is 317 Å². The highest BCUT2D eigenvalue weighted by Crippen LogP contribution is 2.61. The van der Waals surface area contributed by atoms with E-state index < -0.39 is 12.1 Å². The van der Waals surface area contributed by atoms with E-state index in [1.807, 2.05) is 0 Å². The second-order valence-corrected chi connectivity index (χ2v) is 16.3. The molecule has 0 aromatic carbocycles. The van der Waals surface area contributed by atoms with Gasteiger partial charge in [0, 0.05) is 19.4 Å². The number of unbranched alkanes of at least 4 members (excludes halogenated alkanes) is 9. The van der Waals surface area contributed by atoms with Gasteiger partial charge in [0.15, 0.2) is 0 Å². The van der Waals surface area contributed by atoms with Gasteiger partial charge in [-0.15, -0.1) is 0 Å². The Morgan fingerprint density at radius 1 is 0.635 bits per heavy atom. The number of hydrogen-bond acceptors (Lipinski definition) is 8. The molecule has 1 unspecified atom stereocenters. The molecule has 8 heteroatoms. The van der Waals surface area contributed by atoms with Gasteiger partial charge in [0.25, 0.3) is 0 Å². The summed E-state index contributed by atoms with van der Waals surface area (Å²) in [5.74, 6) is 1.64. The van der Waals surface area contributed by atoms with Crippen LogP contribution in [0.1, 0.15) is 162 Å². The second-order valence-electron chi connectivity index (χ2n) is 16.3. The van der Waals surface area contributed by atoms with Crippen LogP contribution >= 0.6 is 0 Å². The number of ether oxygens (including phenoxy) is 4. The van der Waals surface area contributed by atoms with Gasteiger partial charge >= 0.3 is 18.1 Å². The number of carbonyl (C=O) groups excluding carboxylic acids is 3. The van der Waals surface area contributed by atoms with E-state index >= 15 is 0 Å². The number of carbonyl (C=O) groups is 3. The first kappa shape index (κ1) is 44.0. The Morgan fingerprint density at radius 3 is 1.77 bits per heavy atom. The molecule has 0 N–H and O–H groups in total. The molecule has 1 atom stereocenters. The van der Waals surface area contributed by atoms with Crippen LogP contribution in [0.4, 0.5) is 4.79 Å². The molecule has 0 heterocycles. The summed E-state index contributed by atoms with van der Waals surface area (Å²) in [6, 6.07) is 0.